The van der Waals surface area contributed by atoms with Gasteiger partial charge in [-0.05, 0) is 90.1 Å². The third kappa shape index (κ3) is 22.8. The molecule has 2 heteroatoms. The first kappa shape index (κ1) is 33.6. The molecule has 0 aliphatic heterocycles. The van der Waals surface area contributed by atoms with Crippen molar-refractivity contribution in [2.75, 3.05) is 20.6 Å². The summed E-state index contributed by atoms with van der Waals surface area (Å²) in [6.45, 7) is 10.0. The topological polar surface area (TPSA) is 20.3 Å². The highest BCUT2D eigenvalue weighted by atomic mass is 16.1. The van der Waals surface area contributed by atoms with E-state index in [-0.39, 0.29) is 5.41 Å². The van der Waals surface area contributed by atoms with Crippen LogP contribution in [0.25, 0.3) is 0 Å². The summed E-state index contributed by atoms with van der Waals surface area (Å²) in [6, 6.07) is 0. The Bertz CT molecular complexity index is 623. The lowest BCUT2D eigenvalue weighted by Crippen LogP contribution is -2.18. The summed E-state index contributed by atoms with van der Waals surface area (Å²) in [6.07, 6.45) is 31.9. The van der Waals surface area contributed by atoms with Gasteiger partial charge in [0.25, 0.3) is 0 Å². The quantitative estimate of drug-likeness (QED) is 0.0815. The van der Waals surface area contributed by atoms with Gasteiger partial charge in [0.1, 0.15) is 5.78 Å². The number of unbranched alkanes of at least 4 members (excludes halogenated alkanes) is 7. The number of hydrogen-bond acceptors (Lipinski definition) is 2. The molecule has 202 valence electrons. The summed E-state index contributed by atoms with van der Waals surface area (Å²) in [7, 11) is 4.13. The average Bonchev–Trinajstić information content (AvgIpc) is 2.80. The van der Waals surface area contributed by atoms with Crippen molar-refractivity contribution in [1.29, 1.82) is 0 Å². The van der Waals surface area contributed by atoms with Crippen LogP contribution in [0, 0.1) is 11.3 Å². The van der Waals surface area contributed by atoms with E-state index < -0.39 is 0 Å². The smallest absolute Gasteiger partial charge is 0.134 e. The van der Waals surface area contributed by atoms with E-state index in [0.29, 0.717) is 18.6 Å². The first-order valence-corrected chi connectivity index (χ1v) is 14.7. The van der Waals surface area contributed by atoms with Gasteiger partial charge in [0.15, 0.2) is 0 Å². The second-order valence-electron chi connectivity index (χ2n) is 11.1. The van der Waals surface area contributed by atoms with Crippen molar-refractivity contribution in [1.82, 2.24) is 4.90 Å². The van der Waals surface area contributed by atoms with Gasteiger partial charge in [0, 0.05) is 18.3 Å². The molecular formula is C33H59NO. The Labute approximate surface area is 220 Å². The summed E-state index contributed by atoms with van der Waals surface area (Å²) in [5.74, 6) is 1.23. The average molecular weight is 486 g/mol. The molecule has 0 N–H and O–H groups in total. The summed E-state index contributed by atoms with van der Waals surface area (Å²) in [5.41, 5.74) is 3.24. The zero-order valence-corrected chi connectivity index (χ0v) is 24.4. The summed E-state index contributed by atoms with van der Waals surface area (Å²) >= 11 is 0. The molecule has 2 atom stereocenters. The van der Waals surface area contributed by atoms with Crippen LogP contribution in [0.5, 0.6) is 0 Å². The van der Waals surface area contributed by atoms with E-state index in [4.69, 9.17) is 0 Å². The summed E-state index contributed by atoms with van der Waals surface area (Å²) in [5, 5.41) is 0. The molecule has 0 fully saturated rings. The van der Waals surface area contributed by atoms with Crippen LogP contribution in [0.4, 0.5) is 0 Å². The van der Waals surface area contributed by atoms with E-state index in [1.807, 2.05) is 0 Å². The summed E-state index contributed by atoms with van der Waals surface area (Å²) < 4.78 is 0. The lowest BCUT2D eigenvalue weighted by Gasteiger charge is -2.21. The normalized spacial score (nSPS) is 14.4. The number of hydrogen-bond donors (Lipinski definition) is 0. The Balaban J connectivity index is 4.21. The molecule has 0 heterocycles. The van der Waals surface area contributed by atoms with Crippen molar-refractivity contribution >= 4 is 5.78 Å². The summed E-state index contributed by atoms with van der Waals surface area (Å²) in [4.78, 5) is 14.7. The van der Waals surface area contributed by atoms with Gasteiger partial charge in [-0.1, -0.05) is 90.5 Å². The van der Waals surface area contributed by atoms with Gasteiger partial charge in [-0.3, -0.25) is 4.79 Å². The Morgan fingerprint density at radius 2 is 1.51 bits per heavy atom. The van der Waals surface area contributed by atoms with Crippen LogP contribution >= 0.6 is 0 Å². The van der Waals surface area contributed by atoms with Gasteiger partial charge in [-0.25, -0.2) is 0 Å². The van der Waals surface area contributed by atoms with Crippen LogP contribution in [0.3, 0.4) is 0 Å². The molecule has 0 aromatic heterocycles. The lowest BCUT2D eigenvalue weighted by molar-refractivity contribution is -0.120. The fraction of sp³-hybridized carbons (Fsp3) is 0.758. The molecule has 0 aliphatic carbocycles. The van der Waals surface area contributed by atoms with Crippen LogP contribution in [0.15, 0.2) is 42.2 Å². The minimum atomic E-state index is -0.147. The molecule has 0 saturated carbocycles. The van der Waals surface area contributed by atoms with Crippen LogP contribution in [0.2, 0.25) is 0 Å². The third-order valence-corrected chi connectivity index (χ3v) is 6.65. The first-order valence-electron chi connectivity index (χ1n) is 14.7. The second kappa shape index (κ2) is 23.1. The van der Waals surface area contributed by atoms with Crippen LogP contribution < -0.4 is 0 Å². The maximum Gasteiger partial charge on any atom is 0.134 e. The van der Waals surface area contributed by atoms with Gasteiger partial charge < -0.3 is 4.90 Å². The fourth-order valence-electron chi connectivity index (χ4n) is 4.34. The zero-order chi connectivity index (χ0) is 26.2. The minimum Gasteiger partial charge on any atom is -0.309 e. The molecule has 0 radical (unpaired) electrons. The van der Waals surface area contributed by atoms with Crippen molar-refractivity contribution in [3.63, 3.8) is 0 Å². The number of ketones is 1. The molecule has 35 heavy (non-hydrogen) atoms. The highest BCUT2D eigenvalue weighted by Crippen LogP contribution is 2.28. The Hall–Kier alpha value is -1.37. The molecule has 0 aromatic rings. The number of carbonyl (C=O) groups excluding carboxylic acids is 1. The monoisotopic (exact) mass is 485 g/mol. The molecular weight excluding hydrogens is 426 g/mol. The maximum absolute atomic E-state index is 12.6. The molecule has 0 aromatic carbocycles. The largest absolute Gasteiger partial charge is 0.309 e. The van der Waals surface area contributed by atoms with Crippen LogP contribution in [0.1, 0.15) is 130 Å². The Morgan fingerprint density at radius 1 is 0.829 bits per heavy atom. The Kier molecular flexibility index (Phi) is 22.2. The SMILES string of the molecule is CCC/C=C/C(C)(/C=C/CCCCCC=C=CCCC(C)CCCCC)CC(=O)CCCN(C)C. The first-order chi connectivity index (χ1) is 16.8. The molecule has 0 spiro atoms. The van der Waals surface area contributed by atoms with Gasteiger partial charge in [-0.2, -0.15) is 0 Å². The van der Waals surface area contributed by atoms with E-state index in [2.05, 4.69) is 88.9 Å². The molecule has 2 nitrogen and oxygen atoms in total. The van der Waals surface area contributed by atoms with Gasteiger partial charge in [0.2, 0.25) is 0 Å². The third-order valence-electron chi connectivity index (χ3n) is 6.65. The van der Waals surface area contributed by atoms with Crippen LogP contribution in [-0.4, -0.2) is 31.3 Å². The van der Waals surface area contributed by atoms with Gasteiger partial charge in [0.05, 0.1) is 0 Å². The van der Waals surface area contributed by atoms with Crippen molar-refractivity contribution in [3.05, 3.63) is 42.2 Å². The van der Waals surface area contributed by atoms with E-state index >= 15 is 0 Å². The molecule has 0 saturated heterocycles. The fourth-order valence-corrected chi connectivity index (χ4v) is 4.34. The molecule has 2 unspecified atom stereocenters. The minimum absolute atomic E-state index is 0.147. The number of rotatable bonds is 23. The van der Waals surface area contributed by atoms with Crippen molar-refractivity contribution in [2.45, 2.75) is 130 Å². The number of carbonyl (C=O) groups is 1. The van der Waals surface area contributed by atoms with E-state index in [1.165, 1.54) is 51.4 Å². The highest BCUT2D eigenvalue weighted by Gasteiger charge is 2.21. The number of allylic oxidation sites excluding steroid dienone is 5. The number of nitrogens with zero attached hydrogens (tertiary/aromatic N) is 1. The van der Waals surface area contributed by atoms with Crippen LogP contribution in [-0.2, 0) is 4.79 Å². The molecule has 0 amide bonds. The zero-order valence-electron chi connectivity index (χ0n) is 24.4. The lowest BCUT2D eigenvalue weighted by atomic mass is 9.82. The Morgan fingerprint density at radius 3 is 2.20 bits per heavy atom. The highest BCUT2D eigenvalue weighted by molar-refractivity contribution is 5.79. The molecule has 0 rings (SSSR count). The maximum atomic E-state index is 12.6. The van der Waals surface area contributed by atoms with E-state index in [1.54, 1.807) is 0 Å². The predicted octanol–water partition coefficient (Wildman–Crippen LogP) is 9.86. The predicted molar refractivity (Wildman–Crippen MR) is 157 cm³/mol. The van der Waals surface area contributed by atoms with E-state index in [9.17, 15) is 4.79 Å². The molecule has 0 aliphatic rings. The standard InChI is InChI=1S/C33H59NO/c1-7-9-19-24-31(3)25-20-17-15-13-11-12-14-16-18-22-28-33(4,27-21-10-8-2)30-32(35)26-23-29-34(5)6/h13,17,21-22,27-28,31H,7-12,14,16,18-20,23-26,29-30H2,1-6H3/b27-21+,28-22+. The molecule has 0 bridgehead atoms. The van der Waals surface area contributed by atoms with Crippen molar-refractivity contribution in [3.8, 4) is 0 Å². The van der Waals surface area contributed by atoms with Crippen molar-refractivity contribution < 1.29 is 4.79 Å². The van der Waals surface area contributed by atoms with Gasteiger partial charge in [-0.15, -0.1) is 5.73 Å². The second-order valence-corrected chi connectivity index (χ2v) is 11.1. The van der Waals surface area contributed by atoms with Crippen molar-refractivity contribution in [2.24, 2.45) is 11.3 Å². The number of Topliss-reactive ketones (excluding diaryl/α,β-unsaturated/α-hetero) is 1. The van der Waals surface area contributed by atoms with E-state index in [0.717, 1.165) is 51.0 Å². The van der Waals surface area contributed by atoms with Gasteiger partial charge >= 0.3 is 0 Å².